The maximum atomic E-state index is 12.0. The van der Waals surface area contributed by atoms with Crippen LogP contribution in [0.25, 0.3) is 0 Å². The topological polar surface area (TPSA) is 61.8 Å². The van der Waals surface area contributed by atoms with Gasteiger partial charge < -0.3 is 14.2 Å². The molecule has 0 aromatic heterocycles. The van der Waals surface area contributed by atoms with E-state index in [2.05, 4.69) is 0 Å². The highest BCUT2D eigenvalue weighted by Gasteiger charge is 2.12. The minimum absolute atomic E-state index is 0.139. The maximum absolute atomic E-state index is 12.0. The molecule has 2 aromatic rings. The molecule has 0 N–H and O–H groups in total. The molecule has 0 fully saturated rings. The van der Waals surface area contributed by atoms with Crippen LogP contribution >= 0.6 is 0 Å². The average Bonchev–Trinajstić information content (AvgIpc) is 2.59. The Balaban J connectivity index is 1.87. The number of carbonyl (C=O) groups excluding carboxylic acids is 2. The molecule has 0 aliphatic carbocycles. The summed E-state index contributed by atoms with van der Waals surface area (Å²) in [5.41, 5.74) is 3.27. The van der Waals surface area contributed by atoms with Crippen molar-refractivity contribution in [1.29, 1.82) is 0 Å². The fourth-order valence-corrected chi connectivity index (χ4v) is 2.53. The highest BCUT2D eigenvalue weighted by atomic mass is 16.5. The van der Waals surface area contributed by atoms with Gasteiger partial charge in [0, 0.05) is 5.56 Å². The molecular formula is C19H18O5. The van der Waals surface area contributed by atoms with Gasteiger partial charge in [-0.1, -0.05) is 36.4 Å². The Bertz CT molecular complexity index is 749. The van der Waals surface area contributed by atoms with Gasteiger partial charge in [-0.15, -0.1) is 0 Å². The molecule has 0 atom stereocenters. The number of methoxy groups -OCH3 is 1. The van der Waals surface area contributed by atoms with E-state index in [9.17, 15) is 9.59 Å². The van der Waals surface area contributed by atoms with Crippen LogP contribution in [0.3, 0.4) is 0 Å². The van der Waals surface area contributed by atoms with Gasteiger partial charge in [0.05, 0.1) is 20.0 Å². The molecule has 4 heterocycles. The summed E-state index contributed by atoms with van der Waals surface area (Å²) in [7, 11) is 1.55. The van der Waals surface area contributed by atoms with E-state index in [0.29, 0.717) is 5.75 Å². The zero-order valence-corrected chi connectivity index (χ0v) is 13.4. The fraction of sp³-hybridized carbons (Fsp3) is 0.263. The van der Waals surface area contributed by atoms with Crippen LogP contribution in [0, 0.1) is 0 Å². The number of benzene rings is 2. The molecule has 0 saturated heterocycles. The van der Waals surface area contributed by atoms with E-state index in [1.165, 1.54) is 0 Å². The van der Waals surface area contributed by atoms with E-state index in [4.69, 9.17) is 14.2 Å². The van der Waals surface area contributed by atoms with Crippen molar-refractivity contribution >= 4 is 11.9 Å². The lowest BCUT2D eigenvalue weighted by Gasteiger charge is -2.13. The second kappa shape index (κ2) is 7.17. The molecule has 0 amide bonds. The molecule has 5 heteroatoms. The van der Waals surface area contributed by atoms with Crippen molar-refractivity contribution in [2.75, 3.05) is 7.11 Å². The van der Waals surface area contributed by atoms with Crippen molar-refractivity contribution in [2.24, 2.45) is 0 Å². The molecule has 124 valence electrons. The third-order valence-electron chi connectivity index (χ3n) is 3.86. The standard InChI is InChI=1S/C19H18O5/c1-22-17-8-15-6-7-16(17)12-24-19(21)10-14-4-2-13(3-5-14)9-18(20)23-11-15/h2-8H,9-12H2,1H3. The first-order valence-corrected chi connectivity index (χ1v) is 7.69. The normalized spacial score (nSPS) is 15.0. The average molecular weight is 326 g/mol. The van der Waals surface area contributed by atoms with Gasteiger partial charge in [0.2, 0.25) is 0 Å². The van der Waals surface area contributed by atoms with Crippen molar-refractivity contribution in [3.63, 3.8) is 0 Å². The van der Waals surface area contributed by atoms with Crippen molar-refractivity contribution in [1.82, 2.24) is 0 Å². The summed E-state index contributed by atoms with van der Waals surface area (Å²) in [6.07, 6.45) is 0.380. The molecule has 4 bridgehead atoms. The number of hydrogen-bond acceptors (Lipinski definition) is 5. The second-order valence-corrected chi connectivity index (χ2v) is 5.64. The van der Waals surface area contributed by atoms with Crippen LogP contribution in [0.4, 0.5) is 0 Å². The smallest absolute Gasteiger partial charge is 0.310 e. The summed E-state index contributed by atoms with van der Waals surface area (Å²) in [6.45, 7) is 0.313. The Morgan fingerprint density at radius 3 is 1.92 bits per heavy atom. The van der Waals surface area contributed by atoms with Crippen LogP contribution in [-0.2, 0) is 45.1 Å². The van der Waals surface area contributed by atoms with Crippen LogP contribution in [0.2, 0.25) is 0 Å². The lowest BCUT2D eigenvalue weighted by atomic mass is 10.1. The molecule has 24 heavy (non-hydrogen) atoms. The van der Waals surface area contributed by atoms with E-state index >= 15 is 0 Å². The lowest BCUT2D eigenvalue weighted by Crippen LogP contribution is -2.11. The fourth-order valence-electron chi connectivity index (χ4n) is 2.53. The summed E-state index contributed by atoms with van der Waals surface area (Å²) in [4.78, 5) is 23.9. The number of rotatable bonds is 1. The van der Waals surface area contributed by atoms with Crippen LogP contribution in [0.5, 0.6) is 5.75 Å². The number of hydrogen-bond donors (Lipinski definition) is 0. The Kier molecular flexibility index (Phi) is 4.79. The van der Waals surface area contributed by atoms with E-state index < -0.39 is 0 Å². The highest BCUT2D eigenvalue weighted by molar-refractivity contribution is 5.74. The van der Waals surface area contributed by atoms with Gasteiger partial charge in [-0.05, 0) is 22.8 Å². The first-order chi connectivity index (χ1) is 11.6. The molecular weight excluding hydrogens is 308 g/mol. The largest absolute Gasteiger partial charge is 0.496 e. The minimum Gasteiger partial charge on any atom is -0.496 e. The first-order valence-electron chi connectivity index (χ1n) is 7.69. The Hall–Kier alpha value is -2.82. The van der Waals surface area contributed by atoms with Gasteiger partial charge >= 0.3 is 11.9 Å². The molecule has 4 aliphatic heterocycles. The molecule has 2 aromatic carbocycles. The van der Waals surface area contributed by atoms with Crippen molar-refractivity contribution < 1.29 is 23.8 Å². The van der Waals surface area contributed by atoms with Gasteiger partial charge in [-0.2, -0.15) is 0 Å². The molecule has 0 spiro atoms. The van der Waals surface area contributed by atoms with E-state index in [1.807, 2.05) is 36.4 Å². The summed E-state index contributed by atoms with van der Waals surface area (Å²) in [6, 6.07) is 12.7. The van der Waals surface area contributed by atoms with Crippen LogP contribution < -0.4 is 4.74 Å². The summed E-state index contributed by atoms with van der Waals surface area (Å²) >= 11 is 0. The van der Waals surface area contributed by atoms with Crippen LogP contribution in [-0.4, -0.2) is 19.0 Å². The molecule has 4 aliphatic rings. The summed E-state index contributed by atoms with van der Waals surface area (Å²) < 4.78 is 16.0. The van der Waals surface area contributed by atoms with E-state index in [1.54, 1.807) is 13.2 Å². The maximum Gasteiger partial charge on any atom is 0.310 e. The third-order valence-corrected chi connectivity index (χ3v) is 3.86. The van der Waals surface area contributed by atoms with Crippen molar-refractivity contribution in [3.05, 3.63) is 64.7 Å². The Morgan fingerprint density at radius 1 is 0.792 bits per heavy atom. The number of esters is 2. The number of carbonyl (C=O) groups is 2. The predicted octanol–water partition coefficient (Wildman–Crippen LogP) is 2.58. The molecule has 0 saturated carbocycles. The van der Waals surface area contributed by atoms with Gasteiger partial charge in [-0.3, -0.25) is 9.59 Å². The van der Waals surface area contributed by atoms with Crippen LogP contribution in [0.15, 0.2) is 42.5 Å². The second-order valence-electron chi connectivity index (χ2n) is 5.64. The van der Waals surface area contributed by atoms with E-state index in [0.717, 1.165) is 22.3 Å². The van der Waals surface area contributed by atoms with Crippen molar-refractivity contribution in [2.45, 2.75) is 26.1 Å². The van der Waals surface area contributed by atoms with E-state index in [-0.39, 0.29) is 38.0 Å². The molecule has 0 radical (unpaired) electrons. The summed E-state index contributed by atoms with van der Waals surface area (Å²) in [5.74, 6) is 0.00413. The van der Waals surface area contributed by atoms with Gasteiger partial charge in [-0.25, -0.2) is 0 Å². The molecule has 5 nitrogen and oxygen atoms in total. The zero-order valence-electron chi connectivity index (χ0n) is 13.4. The van der Waals surface area contributed by atoms with Crippen LogP contribution in [0.1, 0.15) is 22.3 Å². The Morgan fingerprint density at radius 2 is 1.33 bits per heavy atom. The molecule has 0 unspecified atom stereocenters. The van der Waals surface area contributed by atoms with Gasteiger partial charge in [0.25, 0.3) is 0 Å². The highest BCUT2D eigenvalue weighted by Crippen LogP contribution is 2.22. The zero-order chi connectivity index (χ0) is 16.9. The third kappa shape index (κ3) is 3.93. The van der Waals surface area contributed by atoms with Gasteiger partial charge in [0.1, 0.15) is 19.0 Å². The summed E-state index contributed by atoms with van der Waals surface area (Å²) in [5, 5.41) is 0. The Labute approximate surface area is 140 Å². The number of ether oxygens (including phenoxy) is 3. The SMILES string of the molecule is COc1cc2ccc1COC(=O)Cc1ccc(cc1)CC(=O)OC2. The molecule has 6 rings (SSSR count). The quantitative estimate of drug-likeness (QED) is 0.754. The minimum atomic E-state index is -0.305. The lowest BCUT2D eigenvalue weighted by molar-refractivity contribution is -0.145. The predicted molar refractivity (Wildman–Crippen MR) is 86.4 cm³/mol. The van der Waals surface area contributed by atoms with Gasteiger partial charge in [0.15, 0.2) is 0 Å². The monoisotopic (exact) mass is 326 g/mol. The first kappa shape index (κ1) is 16.1. The van der Waals surface area contributed by atoms with Crippen molar-refractivity contribution in [3.8, 4) is 5.75 Å².